The van der Waals surface area contributed by atoms with Crippen molar-refractivity contribution in [3.05, 3.63) is 66.2 Å². The van der Waals surface area contributed by atoms with Gasteiger partial charge in [-0.1, -0.05) is 53.8 Å². The van der Waals surface area contributed by atoms with Crippen LogP contribution in [0.4, 0.5) is 0 Å². The summed E-state index contributed by atoms with van der Waals surface area (Å²) in [4.78, 5) is 0. The van der Waals surface area contributed by atoms with E-state index in [0.717, 1.165) is 13.0 Å². The van der Waals surface area contributed by atoms with Crippen LogP contribution < -0.4 is 4.57 Å². The van der Waals surface area contributed by atoms with E-state index in [-0.39, 0.29) is 0 Å². The monoisotopic (exact) mass is 288 g/mol. The van der Waals surface area contributed by atoms with Crippen LogP contribution >= 0.6 is 11.3 Å². The Labute approximate surface area is 127 Å². The summed E-state index contributed by atoms with van der Waals surface area (Å²) in [7, 11) is 0. The standard InChI is InChI=1S/C19H14NS/c1-2-6-14-13(5-1)9-10-16-15(14)11-12-20-17-7-3-4-8-18(17)21-19(16)20/h1-10H,11-12H2/q+1. The summed E-state index contributed by atoms with van der Waals surface area (Å²) in [6.07, 6.45) is 1.12. The van der Waals surface area contributed by atoms with Crippen LogP contribution in [0.2, 0.25) is 0 Å². The third kappa shape index (κ3) is 1.54. The molecule has 100 valence electrons. The zero-order valence-corrected chi connectivity index (χ0v) is 12.4. The van der Waals surface area contributed by atoms with Crippen LogP contribution in [0.15, 0.2) is 60.7 Å². The third-order valence-corrected chi connectivity index (χ3v) is 5.66. The van der Waals surface area contributed by atoms with Gasteiger partial charge in [0, 0.05) is 12.5 Å². The summed E-state index contributed by atoms with van der Waals surface area (Å²) in [5.74, 6) is 0. The molecule has 0 N–H and O–H groups in total. The van der Waals surface area contributed by atoms with Crippen LogP contribution in [0.3, 0.4) is 0 Å². The molecule has 0 bridgehead atoms. The molecule has 0 spiro atoms. The summed E-state index contributed by atoms with van der Waals surface area (Å²) in [5, 5.41) is 4.17. The molecular formula is C19H14NS+. The number of nitrogens with zero attached hydrogens (tertiary/aromatic N) is 1. The Balaban J connectivity index is 1.89. The summed E-state index contributed by atoms with van der Waals surface area (Å²) in [5.41, 5.74) is 4.30. The SMILES string of the molecule is c1ccc2c3c(ccc2c1)-c1sc2ccccc2[n+]1CC3. The number of fused-ring (bicyclic) bond motifs is 7. The minimum atomic E-state index is 1.08. The second-order valence-corrected chi connectivity index (χ2v) is 6.62. The molecule has 0 radical (unpaired) electrons. The number of aryl methyl sites for hydroxylation is 2. The number of benzene rings is 3. The van der Waals surface area contributed by atoms with Crippen LogP contribution in [0.5, 0.6) is 0 Å². The van der Waals surface area contributed by atoms with E-state index in [4.69, 9.17) is 0 Å². The molecule has 0 saturated heterocycles. The lowest BCUT2D eigenvalue weighted by atomic mass is 9.95. The lowest BCUT2D eigenvalue weighted by Gasteiger charge is -2.14. The van der Waals surface area contributed by atoms with Crippen LogP contribution in [0.1, 0.15) is 5.56 Å². The zero-order chi connectivity index (χ0) is 13.8. The molecule has 0 atom stereocenters. The maximum absolute atomic E-state index is 2.48. The number of para-hydroxylation sites is 1. The first-order valence-corrected chi connectivity index (χ1v) is 8.16. The molecule has 0 amide bonds. The number of hydrogen-bond acceptors (Lipinski definition) is 1. The van der Waals surface area contributed by atoms with Gasteiger partial charge in [0.1, 0.15) is 4.70 Å². The van der Waals surface area contributed by atoms with E-state index in [9.17, 15) is 0 Å². The summed E-state index contributed by atoms with van der Waals surface area (Å²) >= 11 is 1.91. The van der Waals surface area contributed by atoms with Crippen molar-refractivity contribution in [3.8, 4) is 10.6 Å². The summed E-state index contributed by atoms with van der Waals surface area (Å²) in [6, 6.07) is 22.0. The first kappa shape index (κ1) is 11.5. The fourth-order valence-electron chi connectivity index (χ4n) is 3.49. The number of aromatic nitrogens is 1. The highest BCUT2D eigenvalue weighted by molar-refractivity contribution is 7.21. The highest BCUT2D eigenvalue weighted by Gasteiger charge is 2.28. The maximum atomic E-state index is 2.48. The highest BCUT2D eigenvalue weighted by Crippen LogP contribution is 2.37. The fraction of sp³-hybridized carbons (Fsp3) is 0.105. The second-order valence-electron chi connectivity index (χ2n) is 5.59. The number of thiazole rings is 1. The molecule has 0 aliphatic carbocycles. The Morgan fingerprint density at radius 1 is 0.857 bits per heavy atom. The molecular weight excluding hydrogens is 274 g/mol. The van der Waals surface area contributed by atoms with Crippen molar-refractivity contribution < 1.29 is 4.57 Å². The zero-order valence-electron chi connectivity index (χ0n) is 11.5. The average molecular weight is 288 g/mol. The van der Waals surface area contributed by atoms with Crippen LogP contribution in [-0.2, 0) is 13.0 Å². The molecule has 2 heterocycles. The average Bonchev–Trinajstić information content (AvgIpc) is 2.93. The van der Waals surface area contributed by atoms with Crippen molar-refractivity contribution in [2.45, 2.75) is 13.0 Å². The molecule has 1 nitrogen and oxygen atoms in total. The van der Waals surface area contributed by atoms with Gasteiger partial charge in [0.25, 0.3) is 5.01 Å². The third-order valence-electron chi connectivity index (χ3n) is 4.46. The van der Waals surface area contributed by atoms with E-state index >= 15 is 0 Å². The molecule has 3 aromatic carbocycles. The molecule has 5 rings (SSSR count). The van der Waals surface area contributed by atoms with E-state index in [1.54, 1.807) is 0 Å². The van der Waals surface area contributed by atoms with Gasteiger partial charge in [-0.05, 0) is 28.5 Å². The minimum Gasteiger partial charge on any atom is -0.181 e. The predicted octanol–water partition coefficient (Wildman–Crippen LogP) is 4.57. The summed E-state index contributed by atoms with van der Waals surface area (Å²) in [6.45, 7) is 1.08. The van der Waals surface area contributed by atoms with E-state index < -0.39 is 0 Å². The predicted molar refractivity (Wildman–Crippen MR) is 88.7 cm³/mol. The van der Waals surface area contributed by atoms with Crippen LogP contribution in [0.25, 0.3) is 31.6 Å². The number of rotatable bonds is 0. The second kappa shape index (κ2) is 4.15. The van der Waals surface area contributed by atoms with Gasteiger partial charge in [0.05, 0.1) is 5.56 Å². The fourth-order valence-corrected chi connectivity index (χ4v) is 4.73. The quantitative estimate of drug-likeness (QED) is 0.417. The molecule has 2 heteroatoms. The van der Waals surface area contributed by atoms with E-state index in [1.165, 1.54) is 37.1 Å². The van der Waals surface area contributed by atoms with Crippen molar-refractivity contribution in [3.63, 3.8) is 0 Å². The van der Waals surface area contributed by atoms with Gasteiger partial charge in [0.2, 0.25) is 5.52 Å². The van der Waals surface area contributed by atoms with Gasteiger partial charge in [-0.15, -0.1) is 0 Å². The van der Waals surface area contributed by atoms with Crippen LogP contribution in [-0.4, -0.2) is 0 Å². The highest BCUT2D eigenvalue weighted by atomic mass is 32.1. The molecule has 4 aromatic rings. The Bertz CT molecular complexity index is 997. The van der Waals surface area contributed by atoms with Gasteiger partial charge in [-0.3, -0.25) is 0 Å². The molecule has 0 unspecified atom stereocenters. The van der Waals surface area contributed by atoms with E-state index in [0.29, 0.717) is 0 Å². The first-order chi connectivity index (χ1) is 10.4. The molecule has 1 aliphatic rings. The largest absolute Gasteiger partial charge is 0.270 e. The Morgan fingerprint density at radius 3 is 2.71 bits per heavy atom. The topological polar surface area (TPSA) is 3.88 Å². The van der Waals surface area contributed by atoms with Gasteiger partial charge >= 0.3 is 0 Å². The molecule has 21 heavy (non-hydrogen) atoms. The van der Waals surface area contributed by atoms with Crippen molar-refractivity contribution in [2.75, 3.05) is 0 Å². The first-order valence-electron chi connectivity index (χ1n) is 7.34. The van der Waals surface area contributed by atoms with Crippen molar-refractivity contribution in [1.29, 1.82) is 0 Å². The molecule has 0 fully saturated rings. The van der Waals surface area contributed by atoms with Crippen molar-refractivity contribution in [1.82, 2.24) is 0 Å². The molecule has 0 saturated carbocycles. The molecule has 1 aliphatic heterocycles. The Hall–Kier alpha value is -2.19. The minimum absolute atomic E-state index is 1.08. The van der Waals surface area contributed by atoms with Gasteiger partial charge in [-0.25, -0.2) is 0 Å². The Morgan fingerprint density at radius 2 is 1.71 bits per heavy atom. The lowest BCUT2D eigenvalue weighted by molar-refractivity contribution is -0.658. The lowest BCUT2D eigenvalue weighted by Crippen LogP contribution is -2.38. The maximum Gasteiger partial charge on any atom is 0.270 e. The van der Waals surface area contributed by atoms with E-state index in [1.807, 2.05) is 11.3 Å². The number of hydrogen-bond donors (Lipinski definition) is 0. The van der Waals surface area contributed by atoms with Gasteiger partial charge < -0.3 is 0 Å². The van der Waals surface area contributed by atoms with Gasteiger partial charge in [0.15, 0.2) is 6.54 Å². The molecule has 1 aromatic heterocycles. The van der Waals surface area contributed by atoms with Crippen molar-refractivity contribution >= 4 is 32.3 Å². The van der Waals surface area contributed by atoms with Gasteiger partial charge in [-0.2, -0.15) is 4.57 Å². The summed E-state index contributed by atoms with van der Waals surface area (Å²) < 4.78 is 3.87. The normalized spacial score (nSPS) is 13.3. The van der Waals surface area contributed by atoms with Crippen LogP contribution in [0, 0.1) is 0 Å². The Kier molecular flexibility index (Phi) is 2.27. The smallest absolute Gasteiger partial charge is 0.181 e. The van der Waals surface area contributed by atoms with E-state index in [2.05, 4.69) is 65.2 Å². The van der Waals surface area contributed by atoms with Crippen molar-refractivity contribution in [2.24, 2.45) is 0 Å².